The summed E-state index contributed by atoms with van der Waals surface area (Å²) in [7, 11) is 3.13. The van der Waals surface area contributed by atoms with Crippen molar-refractivity contribution in [1.82, 2.24) is 10.2 Å². The highest BCUT2D eigenvalue weighted by molar-refractivity contribution is 7.80. The van der Waals surface area contributed by atoms with Gasteiger partial charge in [0.25, 0.3) is 5.91 Å². The number of carbonyl (C=O) groups excluding carboxylic acids is 2. The summed E-state index contributed by atoms with van der Waals surface area (Å²) in [5.41, 5.74) is 0.546. The van der Waals surface area contributed by atoms with E-state index in [9.17, 15) is 9.59 Å². The highest BCUT2D eigenvalue weighted by Crippen LogP contribution is 2.09. The molecule has 4 nitrogen and oxygen atoms in total. The standard InChI is InChI=1S/C11H14N2O2S/c1-12-10(14)7-13(2)11(15)8-3-5-9(16)6-4-8/h3-6,16H,7H2,1-2H3,(H,12,14). The molecule has 1 aromatic carbocycles. The molecule has 0 bridgehead atoms. The summed E-state index contributed by atoms with van der Waals surface area (Å²) in [6, 6.07) is 6.85. The lowest BCUT2D eigenvalue weighted by Crippen LogP contribution is -2.36. The first kappa shape index (κ1) is 12.6. The third kappa shape index (κ3) is 3.27. The van der Waals surface area contributed by atoms with Gasteiger partial charge in [0.1, 0.15) is 0 Å². The average molecular weight is 238 g/mol. The van der Waals surface area contributed by atoms with E-state index in [0.717, 1.165) is 4.90 Å². The third-order valence-electron chi connectivity index (χ3n) is 2.12. The van der Waals surface area contributed by atoms with Crippen molar-refractivity contribution in [3.8, 4) is 0 Å². The number of thiol groups is 1. The van der Waals surface area contributed by atoms with E-state index in [1.165, 1.54) is 11.9 Å². The summed E-state index contributed by atoms with van der Waals surface area (Å²) < 4.78 is 0. The maximum atomic E-state index is 11.8. The van der Waals surface area contributed by atoms with E-state index in [0.29, 0.717) is 5.56 Å². The van der Waals surface area contributed by atoms with Crippen molar-refractivity contribution in [3.05, 3.63) is 29.8 Å². The summed E-state index contributed by atoms with van der Waals surface area (Å²) >= 11 is 4.13. The first-order valence-electron chi connectivity index (χ1n) is 4.79. The molecular formula is C11H14N2O2S. The number of benzene rings is 1. The second-order valence-corrected chi connectivity index (χ2v) is 3.90. The van der Waals surface area contributed by atoms with Gasteiger partial charge in [-0.2, -0.15) is 0 Å². The van der Waals surface area contributed by atoms with Crippen molar-refractivity contribution in [2.24, 2.45) is 0 Å². The quantitative estimate of drug-likeness (QED) is 0.765. The molecule has 0 aliphatic heterocycles. The molecule has 16 heavy (non-hydrogen) atoms. The SMILES string of the molecule is CNC(=O)CN(C)C(=O)c1ccc(S)cc1. The van der Waals surface area contributed by atoms with Gasteiger partial charge >= 0.3 is 0 Å². The Hall–Kier alpha value is -1.49. The lowest BCUT2D eigenvalue weighted by Gasteiger charge is -2.15. The fraction of sp³-hybridized carbons (Fsp3) is 0.273. The van der Waals surface area contributed by atoms with Gasteiger partial charge in [-0.15, -0.1) is 12.6 Å². The monoisotopic (exact) mass is 238 g/mol. The Morgan fingerprint density at radius 2 is 1.88 bits per heavy atom. The number of hydrogen-bond acceptors (Lipinski definition) is 3. The molecule has 0 saturated carbocycles. The largest absolute Gasteiger partial charge is 0.358 e. The summed E-state index contributed by atoms with van der Waals surface area (Å²) in [6.07, 6.45) is 0. The van der Waals surface area contributed by atoms with Crippen molar-refractivity contribution >= 4 is 24.4 Å². The molecule has 0 aromatic heterocycles. The number of amides is 2. The summed E-state index contributed by atoms with van der Waals surface area (Å²) in [4.78, 5) is 25.1. The van der Waals surface area contributed by atoms with Gasteiger partial charge in [0.05, 0.1) is 6.54 Å². The molecule has 0 heterocycles. The Balaban J connectivity index is 2.70. The van der Waals surface area contributed by atoms with Crippen LogP contribution in [0.15, 0.2) is 29.2 Å². The minimum absolute atomic E-state index is 0.0535. The molecule has 1 rings (SSSR count). The minimum atomic E-state index is -0.193. The molecule has 0 radical (unpaired) electrons. The van der Waals surface area contributed by atoms with E-state index in [1.807, 2.05) is 0 Å². The maximum absolute atomic E-state index is 11.8. The second kappa shape index (κ2) is 5.55. The highest BCUT2D eigenvalue weighted by Gasteiger charge is 2.13. The molecule has 1 N–H and O–H groups in total. The fourth-order valence-electron chi connectivity index (χ4n) is 1.19. The van der Waals surface area contributed by atoms with Crippen molar-refractivity contribution in [3.63, 3.8) is 0 Å². The van der Waals surface area contributed by atoms with E-state index < -0.39 is 0 Å². The van der Waals surface area contributed by atoms with Gasteiger partial charge in [0.15, 0.2) is 0 Å². The molecule has 1 aromatic rings. The van der Waals surface area contributed by atoms with E-state index in [-0.39, 0.29) is 18.4 Å². The predicted molar refractivity (Wildman–Crippen MR) is 64.7 cm³/mol. The van der Waals surface area contributed by atoms with Crippen LogP contribution >= 0.6 is 12.6 Å². The molecule has 0 atom stereocenters. The van der Waals surface area contributed by atoms with Crippen molar-refractivity contribution in [1.29, 1.82) is 0 Å². The lowest BCUT2D eigenvalue weighted by atomic mass is 10.2. The van der Waals surface area contributed by atoms with Gasteiger partial charge in [0.2, 0.25) is 5.91 Å². The molecular weight excluding hydrogens is 224 g/mol. The van der Waals surface area contributed by atoms with E-state index >= 15 is 0 Å². The number of nitrogens with zero attached hydrogens (tertiary/aromatic N) is 1. The molecule has 0 aliphatic carbocycles. The minimum Gasteiger partial charge on any atom is -0.358 e. The van der Waals surface area contributed by atoms with Crippen molar-refractivity contribution < 1.29 is 9.59 Å². The zero-order valence-electron chi connectivity index (χ0n) is 9.23. The summed E-state index contributed by atoms with van der Waals surface area (Å²) in [5.74, 6) is -0.376. The van der Waals surface area contributed by atoms with Gasteiger partial charge in [-0.3, -0.25) is 9.59 Å². The molecule has 0 saturated heterocycles. The molecule has 5 heteroatoms. The van der Waals surface area contributed by atoms with Crippen LogP contribution < -0.4 is 5.32 Å². The van der Waals surface area contributed by atoms with E-state index in [2.05, 4.69) is 17.9 Å². The molecule has 0 unspecified atom stereocenters. The second-order valence-electron chi connectivity index (χ2n) is 3.38. The summed E-state index contributed by atoms with van der Waals surface area (Å²) in [6.45, 7) is 0.0535. The topological polar surface area (TPSA) is 49.4 Å². The van der Waals surface area contributed by atoms with Crippen LogP contribution in [0.3, 0.4) is 0 Å². The Bertz CT molecular complexity index is 389. The zero-order chi connectivity index (χ0) is 12.1. The van der Waals surface area contributed by atoms with E-state index in [1.54, 1.807) is 31.3 Å². The van der Waals surface area contributed by atoms with Crippen LogP contribution in [0.1, 0.15) is 10.4 Å². The highest BCUT2D eigenvalue weighted by atomic mass is 32.1. The lowest BCUT2D eigenvalue weighted by molar-refractivity contribution is -0.121. The normalized spacial score (nSPS) is 9.69. The predicted octanol–water partition coefficient (Wildman–Crippen LogP) is 0.793. The van der Waals surface area contributed by atoms with Gasteiger partial charge < -0.3 is 10.2 Å². The first-order valence-corrected chi connectivity index (χ1v) is 5.24. The van der Waals surface area contributed by atoms with Crippen LogP contribution in [-0.2, 0) is 4.79 Å². The van der Waals surface area contributed by atoms with Crippen LogP contribution in [-0.4, -0.2) is 37.4 Å². The number of carbonyl (C=O) groups is 2. The van der Waals surface area contributed by atoms with Crippen LogP contribution in [0.25, 0.3) is 0 Å². The van der Waals surface area contributed by atoms with Crippen LogP contribution in [0, 0.1) is 0 Å². The number of nitrogens with one attached hydrogen (secondary N) is 1. The molecule has 2 amide bonds. The van der Waals surface area contributed by atoms with Gasteiger partial charge in [-0.05, 0) is 24.3 Å². The zero-order valence-corrected chi connectivity index (χ0v) is 10.1. The van der Waals surface area contributed by atoms with Crippen LogP contribution in [0.4, 0.5) is 0 Å². The van der Waals surface area contributed by atoms with Crippen LogP contribution in [0.2, 0.25) is 0 Å². The smallest absolute Gasteiger partial charge is 0.254 e. The molecule has 0 fully saturated rings. The molecule has 0 aliphatic rings. The third-order valence-corrected chi connectivity index (χ3v) is 2.42. The van der Waals surface area contributed by atoms with Gasteiger partial charge in [-0.1, -0.05) is 0 Å². The fourth-order valence-corrected chi connectivity index (χ4v) is 1.34. The number of likely N-dealkylation sites (N-methyl/N-ethyl adjacent to an activating group) is 2. The number of hydrogen-bond donors (Lipinski definition) is 2. The van der Waals surface area contributed by atoms with E-state index in [4.69, 9.17) is 0 Å². The Kier molecular flexibility index (Phi) is 4.37. The average Bonchev–Trinajstić information content (AvgIpc) is 2.28. The summed E-state index contributed by atoms with van der Waals surface area (Å²) in [5, 5.41) is 2.47. The molecule has 86 valence electrons. The molecule has 0 spiro atoms. The Labute approximate surface area is 100 Å². The van der Waals surface area contributed by atoms with Crippen molar-refractivity contribution in [2.75, 3.05) is 20.6 Å². The first-order chi connectivity index (χ1) is 7.54. The number of rotatable bonds is 3. The maximum Gasteiger partial charge on any atom is 0.254 e. The van der Waals surface area contributed by atoms with Gasteiger partial charge in [-0.25, -0.2) is 0 Å². The van der Waals surface area contributed by atoms with Crippen LogP contribution in [0.5, 0.6) is 0 Å². The van der Waals surface area contributed by atoms with Crippen molar-refractivity contribution in [2.45, 2.75) is 4.90 Å². The van der Waals surface area contributed by atoms with Gasteiger partial charge in [0, 0.05) is 24.6 Å². The Morgan fingerprint density at radius 3 is 2.38 bits per heavy atom. The Morgan fingerprint density at radius 1 is 1.31 bits per heavy atom.